The molecule has 0 aliphatic carbocycles. The lowest BCUT2D eigenvalue weighted by molar-refractivity contribution is 0.391. The largest absolute Gasteiger partial charge is 0.497 e. The standard InChI is InChI=1S/C16H15ClN2O2/c1-20-13-5-4-12(16(8-13)21-2)10-19-15-6-3-11(9-18)7-14(15)17/h3-8,19H,10H2,1-2H3. The summed E-state index contributed by atoms with van der Waals surface area (Å²) in [6.45, 7) is 0.554. The van der Waals surface area contributed by atoms with Crippen LogP contribution in [0.2, 0.25) is 5.02 Å². The highest BCUT2D eigenvalue weighted by molar-refractivity contribution is 6.33. The molecule has 0 saturated carbocycles. The average molecular weight is 303 g/mol. The summed E-state index contributed by atoms with van der Waals surface area (Å²) >= 11 is 6.13. The molecule has 0 aliphatic rings. The Labute approximate surface area is 128 Å². The lowest BCUT2D eigenvalue weighted by Gasteiger charge is -2.13. The molecule has 108 valence electrons. The lowest BCUT2D eigenvalue weighted by Crippen LogP contribution is -2.02. The molecule has 2 rings (SSSR count). The topological polar surface area (TPSA) is 54.3 Å². The van der Waals surface area contributed by atoms with Gasteiger partial charge in [0.1, 0.15) is 11.5 Å². The minimum absolute atomic E-state index is 0.515. The second-order valence-electron chi connectivity index (χ2n) is 4.34. The fourth-order valence-corrected chi connectivity index (χ4v) is 2.16. The third kappa shape index (κ3) is 3.59. The number of methoxy groups -OCH3 is 2. The lowest BCUT2D eigenvalue weighted by atomic mass is 10.1. The first-order chi connectivity index (χ1) is 10.2. The summed E-state index contributed by atoms with van der Waals surface area (Å²) in [5.41, 5.74) is 2.29. The van der Waals surface area contributed by atoms with Gasteiger partial charge in [-0.2, -0.15) is 5.26 Å². The number of nitriles is 1. The van der Waals surface area contributed by atoms with E-state index in [4.69, 9.17) is 26.3 Å². The van der Waals surface area contributed by atoms with E-state index in [0.717, 1.165) is 22.7 Å². The van der Waals surface area contributed by atoms with Crippen LogP contribution in [-0.2, 0) is 6.54 Å². The third-order valence-corrected chi connectivity index (χ3v) is 3.37. The highest BCUT2D eigenvalue weighted by Crippen LogP contribution is 2.27. The molecule has 21 heavy (non-hydrogen) atoms. The van der Waals surface area contributed by atoms with E-state index in [1.165, 1.54) is 0 Å². The van der Waals surface area contributed by atoms with Crippen molar-refractivity contribution < 1.29 is 9.47 Å². The van der Waals surface area contributed by atoms with Crippen molar-refractivity contribution in [3.8, 4) is 17.6 Å². The van der Waals surface area contributed by atoms with E-state index < -0.39 is 0 Å². The van der Waals surface area contributed by atoms with Crippen molar-refractivity contribution in [1.29, 1.82) is 5.26 Å². The van der Waals surface area contributed by atoms with E-state index in [1.807, 2.05) is 18.2 Å². The smallest absolute Gasteiger partial charge is 0.127 e. The van der Waals surface area contributed by atoms with Crippen LogP contribution in [0.4, 0.5) is 5.69 Å². The number of benzene rings is 2. The van der Waals surface area contributed by atoms with Gasteiger partial charge in [0, 0.05) is 18.2 Å². The zero-order valence-electron chi connectivity index (χ0n) is 11.8. The van der Waals surface area contributed by atoms with Crippen molar-refractivity contribution in [2.24, 2.45) is 0 Å². The number of halogens is 1. The molecular weight excluding hydrogens is 288 g/mol. The van der Waals surface area contributed by atoms with Gasteiger partial charge in [0.2, 0.25) is 0 Å². The van der Waals surface area contributed by atoms with E-state index in [9.17, 15) is 0 Å². The number of hydrogen-bond donors (Lipinski definition) is 1. The van der Waals surface area contributed by atoms with Gasteiger partial charge in [-0.25, -0.2) is 0 Å². The van der Waals surface area contributed by atoms with Crippen molar-refractivity contribution in [2.75, 3.05) is 19.5 Å². The molecule has 0 radical (unpaired) electrons. The molecule has 0 heterocycles. The Kier molecular flexibility index (Phi) is 4.91. The van der Waals surface area contributed by atoms with Crippen LogP contribution >= 0.6 is 11.6 Å². The first kappa shape index (κ1) is 15.0. The third-order valence-electron chi connectivity index (χ3n) is 3.06. The fraction of sp³-hybridized carbons (Fsp3) is 0.188. The van der Waals surface area contributed by atoms with Gasteiger partial charge >= 0.3 is 0 Å². The molecule has 0 aromatic heterocycles. The molecule has 5 heteroatoms. The molecule has 0 saturated heterocycles. The molecule has 0 atom stereocenters. The van der Waals surface area contributed by atoms with E-state index in [2.05, 4.69) is 11.4 Å². The number of nitrogens with zero attached hydrogens (tertiary/aromatic N) is 1. The summed E-state index contributed by atoms with van der Waals surface area (Å²) in [6.07, 6.45) is 0. The van der Waals surface area contributed by atoms with Crippen LogP contribution in [0.25, 0.3) is 0 Å². The van der Waals surface area contributed by atoms with Crippen molar-refractivity contribution in [3.05, 3.63) is 52.5 Å². The van der Waals surface area contributed by atoms with Gasteiger partial charge in [0.15, 0.2) is 0 Å². The average Bonchev–Trinajstić information content (AvgIpc) is 2.53. The van der Waals surface area contributed by atoms with Crippen LogP contribution in [0.1, 0.15) is 11.1 Å². The van der Waals surface area contributed by atoms with Crippen molar-refractivity contribution >= 4 is 17.3 Å². The molecule has 0 spiro atoms. The number of rotatable bonds is 5. The molecule has 0 bridgehead atoms. The molecule has 1 N–H and O–H groups in total. The van der Waals surface area contributed by atoms with Gasteiger partial charge in [-0.1, -0.05) is 11.6 Å². The van der Waals surface area contributed by atoms with E-state index in [-0.39, 0.29) is 0 Å². The van der Waals surface area contributed by atoms with Crippen LogP contribution in [0.5, 0.6) is 11.5 Å². The van der Waals surface area contributed by atoms with Crippen LogP contribution in [-0.4, -0.2) is 14.2 Å². The van der Waals surface area contributed by atoms with Gasteiger partial charge in [-0.3, -0.25) is 0 Å². The zero-order chi connectivity index (χ0) is 15.2. The van der Waals surface area contributed by atoms with Gasteiger partial charge in [0.05, 0.1) is 36.6 Å². The monoisotopic (exact) mass is 302 g/mol. The molecule has 0 aliphatic heterocycles. The first-order valence-electron chi connectivity index (χ1n) is 6.32. The summed E-state index contributed by atoms with van der Waals surface area (Å²) in [7, 11) is 3.23. The normalized spacial score (nSPS) is 9.81. The minimum Gasteiger partial charge on any atom is -0.497 e. The maximum Gasteiger partial charge on any atom is 0.127 e. The quantitative estimate of drug-likeness (QED) is 0.911. The summed E-state index contributed by atoms with van der Waals surface area (Å²) in [4.78, 5) is 0. The number of ether oxygens (including phenoxy) is 2. The summed E-state index contributed by atoms with van der Waals surface area (Å²) in [5.74, 6) is 1.48. The second-order valence-corrected chi connectivity index (χ2v) is 4.74. The predicted molar refractivity (Wildman–Crippen MR) is 83.0 cm³/mol. The van der Waals surface area contributed by atoms with Crippen LogP contribution in [0.3, 0.4) is 0 Å². The van der Waals surface area contributed by atoms with E-state index >= 15 is 0 Å². The minimum atomic E-state index is 0.515. The predicted octanol–water partition coefficient (Wildman–Crippen LogP) is 3.84. The summed E-state index contributed by atoms with van der Waals surface area (Å²) < 4.78 is 10.5. The van der Waals surface area contributed by atoms with E-state index in [0.29, 0.717) is 17.1 Å². The Balaban J connectivity index is 2.15. The van der Waals surface area contributed by atoms with Crippen LogP contribution < -0.4 is 14.8 Å². The molecule has 0 unspecified atom stereocenters. The highest BCUT2D eigenvalue weighted by Gasteiger charge is 2.07. The Morgan fingerprint density at radius 3 is 2.57 bits per heavy atom. The first-order valence-corrected chi connectivity index (χ1v) is 6.70. The Hall–Kier alpha value is -2.38. The van der Waals surface area contributed by atoms with Crippen molar-refractivity contribution in [2.45, 2.75) is 6.54 Å². The Bertz CT molecular complexity index is 680. The maximum absolute atomic E-state index is 8.82. The molecular formula is C16H15ClN2O2. The van der Waals surface area contributed by atoms with Crippen molar-refractivity contribution in [3.63, 3.8) is 0 Å². The van der Waals surface area contributed by atoms with Gasteiger partial charge in [-0.15, -0.1) is 0 Å². The molecule has 0 fully saturated rings. The van der Waals surface area contributed by atoms with Gasteiger partial charge in [-0.05, 0) is 30.3 Å². The molecule has 2 aromatic carbocycles. The highest BCUT2D eigenvalue weighted by atomic mass is 35.5. The zero-order valence-corrected chi connectivity index (χ0v) is 12.6. The Morgan fingerprint density at radius 2 is 1.95 bits per heavy atom. The molecule has 2 aromatic rings. The molecule has 0 amide bonds. The Morgan fingerprint density at radius 1 is 1.14 bits per heavy atom. The van der Waals surface area contributed by atoms with Gasteiger partial charge < -0.3 is 14.8 Å². The molecule has 4 nitrogen and oxygen atoms in total. The van der Waals surface area contributed by atoms with Crippen LogP contribution in [0.15, 0.2) is 36.4 Å². The van der Waals surface area contributed by atoms with E-state index in [1.54, 1.807) is 32.4 Å². The fourth-order valence-electron chi connectivity index (χ4n) is 1.92. The summed E-state index contributed by atoms with van der Waals surface area (Å²) in [5, 5.41) is 12.6. The second kappa shape index (κ2) is 6.87. The number of nitrogens with one attached hydrogen (secondary N) is 1. The van der Waals surface area contributed by atoms with Crippen molar-refractivity contribution in [1.82, 2.24) is 0 Å². The SMILES string of the molecule is COc1ccc(CNc2ccc(C#N)cc2Cl)c(OC)c1. The number of anilines is 1. The van der Waals surface area contributed by atoms with Gasteiger partial charge in [0.25, 0.3) is 0 Å². The maximum atomic E-state index is 8.82. The number of hydrogen-bond acceptors (Lipinski definition) is 4. The van der Waals surface area contributed by atoms with Crippen LogP contribution in [0, 0.1) is 11.3 Å². The summed E-state index contributed by atoms with van der Waals surface area (Å²) in [6, 6.07) is 12.8.